The molecule has 1 saturated heterocycles. The van der Waals surface area contributed by atoms with E-state index in [1.165, 1.54) is 30.2 Å². The standard InChI is InChI=1S/C19H23BrN2O4S/c1-25-17-7-8-18(26-2)19(13-17)27(23,24)22-11-9-21(10-12-22)14-15-3-5-16(20)6-4-15/h3-8,13H,9-12,14H2,1-2H3. The van der Waals surface area contributed by atoms with Crippen LogP contribution in [0.3, 0.4) is 0 Å². The van der Waals surface area contributed by atoms with Crippen LogP contribution in [0.5, 0.6) is 11.5 Å². The quantitative estimate of drug-likeness (QED) is 0.671. The van der Waals surface area contributed by atoms with Gasteiger partial charge in [-0.05, 0) is 29.8 Å². The molecule has 0 radical (unpaired) electrons. The van der Waals surface area contributed by atoms with Crippen molar-refractivity contribution in [2.75, 3.05) is 40.4 Å². The lowest BCUT2D eigenvalue weighted by Crippen LogP contribution is -2.48. The Hall–Kier alpha value is -1.61. The summed E-state index contributed by atoms with van der Waals surface area (Å²) in [5.74, 6) is 0.816. The van der Waals surface area contributed by atoms with Crippen LogP contribution < -0.4 is 9.47 Å². The number of benzene rings is 2. The van der Waals surface area contributed by atoms with Gasteiger partial charge in [-0.1, -0.05) is 28.1 Å². The number of ether oxygens (including phenoxy) is 2. The summed E-state index contributed by atoms with van der Waals surface area (Å²) in [6.07, 6.45) is 0. The summed E-state index contributed by atoms with van der Waals surface area (Å²) < 4.78 is 39.2. The van der Waals surface area contributed by atoms with Crippen molar-refractivity contribution in [1.82, 2.24) is 9.21 Å². The number of piperazine rings is 1. The Kier molecular flexibility index (Phi) is 6.41. The first-order valence-corrected chi connectivity index (χ1v) is 10.9. The molecule has 8 heteroatoms. The molecule has 6 nitrogen and oxygen atoms in total. The minimum atomic E-state index is -3.64. The summed E-state index contributed by atoms with van der Waals surface area (Å²) in [7, 11) is -0.662. The van der Waals surface area contributed by atoms with Gasteiger partial charge in [0.05, 0.1) is 14.2 Å². The van der Waals surface area contributed by atoms with Gasteiger partial charge in [0.25, 0.3) is 0 Å². The molecule has 0 N–H and O–H groups in total. The van der Waals surface area contributed by atoms with E-state index in [9.17, 15) is 8.42 Å². The molecule has 0 unspecified atom stereocenters. The number of hydrogen-bond acceptors (Lipinski definition) is 5. The molecule has 0 bridgehead atoms. The predicted octanol–water partition coefficient (Wildman–Crippen LogP) is 2.97. The van der Waals surface area contributed by atoms with Crippen LogP contribution in [-0.2, 0) is 16.6 Å². The van der Waals surface area contributed by atoms with E-state index in [0.29, 0.717) is 37.7 Å². The van der Waals surface area contributed by atoms with Gasteiger partial charge in [-0.2, -0.15) is 4.31 Å². The number of sulfonamides is 1. The SMILES string of the molecule is COc1ccc(OC)c(S(=O)(=O)N2CCN(Cc3ccc(Br)cc3)CC2)c1. The third-order valence-corrected chi connectivity index (χ3v) is 7.09. The van der Waals surface area contributed by atoms with E-state index in [4.69, 9.17) is 9.47 Å². The van der Waals surface area contributed by atoms with Gasteiger partial charge in [-0.15, -0.1) is 0 Å². The zero-order valence-electron chi connectivity index (χ0n) is 15.4. The molecule has 1 aliphatic rings. The Labute approximate surface area is 168 Å². The molecule has 146 valence electrons. The molecule has 0 atom stereocenters. The first-order valence-electron chi connectivity index (χ1n) is 8.63. The Morgan fingerprint density at radius 1 is 0.963 bits per heavy atom. The summed E-state index contributed by atoms with van der Waals surface area (Å²) in [6, 6.07) is 13.0. The van der Waals surface area contributed by atoms with Crippen LogP contribution in [-0.4, -0.2) is 58.0 Å². The molecule has 27 heavy (non-hydrogen) atoms. The van der Waals surface area contributed by atoms with Crippen molar-refractivity contribution < 1.29 is 17.9 Å². The van der Waals surface area contributed by atoms with Gasteiger partial charge in [0, 0.05) is 43.3 Å². The number of nitrogens with zero attached hydrogens (tertiary/aromatic N) is 2. The van der Waals surface area contributed by atoms with Gasteiger partial charge >= 0.3 is 0 Å². The number of rotatable bonds is 6. The fraction of sp³-hybridized carbons (Fsp3) is 0.368. The van der Waals surface area contributed by atoms with Crippen LogP contribution in [0.4, 0.5) is 0 Å². The molecule has 2 aromatic carbocycles. The maximum absolute atomic E-state index is 13.1. The lowest BCUT2D eigenvalue weighted by molar-refractivity contribution is 0.181. The van der Waals surface area contributed by atoms with Gasteiger partial charge in [-0.25, -0.2) is 8.42 Å². The number of halogens is 1. The normalized spacial score (nSPS) is 16.3. The first kappa shape index (κ1) is 20.1. The number of methoxy groups -OCH3 is 2. The lowest BCUT2D eigenvalue weighted by Gasteiger charge is -2.34. The topological polar surface area (TPSA) is 59.1 Å². The van der Waals surface area contributed by atoms with Crippen LogP contribution >= 0.6 is 15.9 Å². The highest BCUT2D eigenvalue weighted by atomic mass is 79.9. The number of hydrogen-bond donors (Lipinski definition) is 0. The van der Waals surface area contributed by atoms with Crippen molar-refractivity contribution in [1.29, 1.82) is 0 Å². The van der Waals surface area contributed by atoms with E-state index < -0.39 is 10.0 Å². The molecule has 0 saturated carbocycles. The van der Waals surface area contributed by atoms with Gasteiger partial charge in [0.2, 0.25) is 10.0 Å². The fourth-order valence-corrected chi connectivity index (χ4v) is 4.96. The lowest BCUT2D eigenvalue weighted by atomic mass is 10.2. The van der Waals surface area contributed by atoms with Crippen molar-refractivity contribution in [3.63, 3.8) is 0 Å². The molecule has 3 rings (SSSR count). The molecule has 0 aliphatic carbocycles. The second-order valence-corrected chi connectivity index (χ2v) is 9.15. The Morgan fingerprint density at radius 3 is 2.22 bits per heavy atom. The molecule has 0 amide bonds. The van der Waals surface area contributed by atoms with Gasteiger partial charge < -0.3 is 9.47 Å². The van der Waals surface area contributed by atoms with E-state index in [1.54, 1.807) is 12.1 Å². The largest absolute Gasteiger partial charge is 0.497 e. The zero-order chi connectivity index (χ0) is 19.4. The smallest absolute Gasteiger partial charge is 0.246 e. The van der Waals surface area contributed by atoms with Crippen LogP contribution in [0.1, 0.15) is 5.56 Å². The fourth-order valence-electron chi connectivity index (χ4n) is 3.10. The highest BCUT2D eigenvalue weighted by Gasteiger charge is 2.31. The van der Waals surface area contributed by atoms with Crippen molar-refractivity contribution in [2.45, 2.75) is 11.4 Å². The zero-order valence-corrected chi connectivity index (χ0v) is 17.8. The highest BCUT2D eigenvalue weighted by molar-refractivity contribution is 9.10. The Balaban J connectivity index is 1.70. The van der Waals surface area contributed by atoms with Crippen molar-refractivity contribution in [2.24, 2.45) is 0 Å². The first-order chi connectivity index (χ1) is 12.9. The molecule has 1 aliphatic heterocycles. The molecule has 1 heterocycles. The van der Waals surface area contributed by atoms with E-state index in [0.717, 1.165) is 11.0 Å². The summed E-state index contributed by atoms with van der Waals surface area (Å²) in [5.41, 5.74) is 1.21. The summed E-state index contributed by atoms with van der Waals surface area (Å²) >= 11 is 3.44. The molecular weight excluding hydrogens is 432 g/mol. The minimum Gasteiger partial charge on any atom is -0.497 e. The monoisotopic (exact) mass is 454 g/mol. The molecule has 1 fully saturated rings. The molecule has 2 aromatic rings. The second kappa shape index (κ2) is 8.60. The molecule has 0 aromatic heterocycles. The Morgan fingerprint density at radius 2 is 1.63 bits per heavy atom. The van der Waals surface area contributed by atoms with Gasteiger partial charge in [0.15, 0.2) is 0 Å². The Bertz CT molecular complexity index is 879. The van der Waals surface area contributed by atoms with E-state index >= 15 is 0 Å². The van der Waals surface area contributed by atoms with E-state index in [-0.39, 0.29) is 4.90 Å². The van der Waals surface area contributed by atoms with E-state index in [2.05, 4.69) is 33.0 Å². The van der Waals surface area contributed by atoms with Crippen LogP contribution in [0.15, 0.2) is 51.8 Å². The summed E-state index contributed by atoms with van der Waals surface area (Å²) in [5, 5.41) is 0. The third kappa shape index (κ3) is 4.63. The van der Waals surface area contributed by atoms with Crippen molar-refractivity contribution in [3.05, 3.63) is 52.5 Å². The van der Waals surface area contributed by atoms with Crippen molar-refractivity contribution in [3.8, 4) is 11.5 Å². The van der Waals surface area contributed by atoms with E-state index in [1.807, 2.05) is 12.1 Å². The highest BCUT2D eigenvalue weighted by Crippen LogP contribution is 2.31. The van der Waals surface area contributed by atoms with Crippen LogP contribution in [0.25, 0.3) is 0 Å². The van der Waals surface area contributed by atoms with Crippen LogP contribution in [0, 0.1) is 0 Å². The third-order valence-electron chi connectivity index (χ3n) is 4.64. The summed E-state index contributed by atoms with van der Waals surface area (Å²) in [6.45, 7) is 3.06. The maximum Gasteiger partial charge on any atom is 0.246 e. The maximum atomic E-state index is 13.1. The summed E-state index contributed by atoms with van der Waals surface area (Å²) in [4.78, 5) is 2.41. The van der Waals surface area contributed by atoms with Gasteiger partial charge in [0.1, 0.15) is 16.4 Å². The van der Waals surface area contributed by atoms with Crippen molar-refractivity contribution >= 4 is 26.0 Å². The molecular formula is C19H23BrN2O4S. The second-order valence-electron chi connectivity index (χ2n) is 6.32. The average molecular weight is 455 g/mol. The minimum absolute atomic E-state index is 0.144. The van der Waals surface area contributed by atoms with Crippen LogP contribution in [0.2, 0.25) is 0 Å². The average Bonchev–Trinajstić information content (AvgIpc) is 2.69. The molecule has 0 spiro atoms. The van der Waals surface area contributed by atoms with Gasteiger partial charge in [-0.3, -0.25) is 4.90 Å². The predicted molar refractivity (Wildman–Crippen MR) is 108 cm³/mol.